The van der Waals surface area contributed by atoms with Crippen molar-refractivity contribution in [1.82, 2.24) is 0 Å². The fourth-order valence-electron chi connectivity index (χ4n) is 4.31. The van der Waals surface area contributed by atoms with E-state index >= 15 is 0 Å². The molecule has 2 aromatic carbocycles. The van der Waals surface area contributed by atoms with E-state index in [-0.39, 0.29) is 12.2 Å². The third-order valence-corrected chi connectivity index (χ3v) is 11.5. The Labute approximate surface area is 237 Å². The minimum Gasteiger partial charge on any atom is -0.462 e. The summed E-state index contributed by atoms with van der Waals surface area (Å²) in [4.78, 5) is 12.5. The van der Waals surface area contributed by atoms with Crippen molar-refractivity contribution in [3.05, 3.63) is 100 Å². The summed E-state index contributed by atoms with van der Waals surface area (Å²) < 4.78 is 9.50. The molecular weight excluding hydrogens is 535 g/mol. The number of hydrogen-bond donors (Lipinski definition) is 0. The summed E-state index contributed by atoms with van der Waals surface area (Å²) in [6.07, 6.45) is 2.89. The topological polar surface area (TPSA) is 50.1 Å². The summed E-state index contributed by atoms with van der Waals surface area (Å²) in [5.74, 6) is 1.64. The quantitative estimate of drug-likeness (QED) is 0.198. The highest BCUT2D eigenvalue weighted by molar-refractivity contribution is 8.40. The normalized spacial score (nSPS) is 15.7. The first-order valence-electron chi connectivity index (χ1n) is 12.6. The van der Waals surface area contributed by atoms with E-state index in [1.807, 2.05) is 47.0 Å². The van der Waals surface area contributed by atoms with Gasteiger partial charge in [0, 0.05) is 0 Å². The van der Waals surface area contributed by atoms with Crippen molar-refractivity contribution in [2.45, 2.75) is 46.5 Å². The molecule has 7 heteroatoms. The first kappa shape index (κ1) is 28.0. The van der Waals surface area contributed by atoms with Crippen molar-refractivity contribution in [2.24, 2.45) is 0 Å². The van der Waals surface area contributed by atoms with Crippen LogP contribution in [0.1, 0.15) is 43.0 Å². The van der Waals surface area contributed by atoms with Gasteiger partial charge in [0.25, 0.3) is 0 Å². The number of thioether (sulfide) groups is 4. The Morgan fingerprint density at radius 1 is 0.811 bits per heavy atom. The van der Waals surface area contributed by atoms with Crippen molar-refractivity contribution in [3.63, 3.8) is 0 Å². The minimum absolute atomic E-state index is 0.124. The molecule has 0 fully saturated rings. The molecule has 2 aromatic rings. The molecule has 0 saturated carbocycles. The van der Waals surface area contributed by atoms with Gasteiger partial charge in [-0.15, -0.1) is 23.5 Å². The Morgan fingerprint density at radius 3 is 1.62 bits per heavy atom. The summed E-state index contributed by atoms with van der Waals surface area (Å²) >= 11 is 7.80. The largest absolute Gasteiger partial charge is 0.462 e. The fraction of sp³-hybridized carbons (Fsp3) is 0.333. The van der Waals surface area contributed by atoms with Crippen LogP contribution < -0.4 is 0 Å². The summed E-state index contributed by atoms with van der Waals surface area (Å²) in [6, 6.07) is 19.4. The van der Waals surface area contributed by atoms with Crippen LogP contribution >= 0.6 is 47.0 Å². The molecule has 0 spiro atoms. The van der Waals surface area contributed by atoms with Gasteiger partial charge in [-0.05, 0) is 77.5 Å². The van der Waals surface area contributed by atoms with E-state index in [9.17, 15) is 10.1 Å². The van der Waals surface area contributed by atoms with Crippen molar-refractivity contribution in [2.75, 3.05) is 18.1 Å². The molecule has 0 radical (unpaired) electrons. The Balaban J connectivity index is 1.72. The molecule has 3 nitrogen and oxygen atoms in total. The maximum atomic E-state index is 12.5. The molecule has 0 saturated heterocycles. The number of nitriles is 1. The van der Waals surface area contributed by atoms with Gasteiger partial charge >= 0.3 is 5.97 Å². The van der Waals surface area contributed by atoms with Gasteiger partial charge in [0.1, 0.15) is 11.6 Å². The van der Waals surface area contributed by atoms with Crippen LogP contribution in [0, 0.1) is 11.3 Å². The lowest BCUT2D eigenvalue weighted by molar-refractivity contribution is -0.138. The molecule has 5 aliphatic rings. The summed E-state index contributed by atoms with van der Waals surface area (Å²) in [5, 5.41) is 9.80. The van der Waals surface area contributed by atoms with E-state index < -0.39 is 5.97 Å². The molecule has 0 N–H and O–H groups in total. The number of ether oxygens (including phenoxy) is 1. The van der Waals surface area contributed by atoms with E-state index in [2.05, 4.69) is 68.4 Å². The molecule has 4 bridgehead atoms. The molecule has 4 aliphatic carbocycles. The van der Waals surface area contributed by atoms with Gasteiger partial charge in [0.05, 0.1) is 19.3 Å². The molecule has 192 valence electrons. The Bertz CT molecular complexity index is 1190. The number of benzene rings is 2. The van der Waals surface area contributed by atoms with E-state index in [4.69, 9.17) is 4.74 Å². The minimum atomic E-state index is -0.535. The lowest BCUT2D eigenvalue weighted by Gasteiger charge is -2.16. The Hall–Kier alpha value is -1.98. The molecule has 0 aromatic heterocycles. The molecule has 1 heterocycles. The number of carbonyl (C=O) groups is 1. The average molecular weight is 566 g/mol. The van der Waals surface area contributed by atoms with Crippen LogP contribution in [0.3, 0.4) is 0 Å². The number of rotatable bonds is 6. The standard InChI is InChI=1S/C30H31NO2S4/c1-4-33-27(32)26(19-31)24-15-20-7-11-22(12-8-20)17-25(18-23-13-9-21(16-24)10-14-23)28-36-29(34-5-2)30(37-28)35-6-3/h7-14H,4-6,15-18H2,1-3H3. The van der Waals surface area contributed by atoms with E-state index in [1.165, 1.54) is 29.4 Å². The van der Waals surface area contributed by atoms with Crippen molar-refractivity contribution in [1.29, 1.82) is 5.26 Å². The van der Waals surface area contributed by atoms with E-state index in [0.717, 1.165) is 41.0 Å². The zero-order valence-corrected chi connectivity index (χ0v) is 24.7. The van der Waals surface area contributed by atoms with Gasteiger partial charge in [0.15, 0.2) is 0 Å². The van der Waals surface area contributed by atoms with Crippen LogP contribution in [-0.4, -0.2) is 24.1 Å². The molecule has 0 atom stereocenters. The lowest BCUT2D eigenvalue weighted by atomic mass is 9.91. The second-order valence-electron chi connectivity index (χ2n) is 8.69. The zero-order valence-electron chi connectivity index (χ0n) is 21.5. The molecule has 0 amide bonds. The second-order valence-corrected chi connectivity index (χ2v) is 14.1. The van der Waals surface area contributed by atoms with Gasteiger partial charge in [-0.25, -0.2) is 4.79 Å². The third-order valence-electron chi connectivity index (χ3n) is 6.04. The van der Waals surface area contributed by atoms with E-state index in [0.29, 0.717) is 12.8 Å². The van der Waals surface area contributed by atoms with Crippen LogP contribution in [0.5, 0.6) is 0 Å². The smallest absolute Gasteiger partial charge is 0.348 e. The summed E-state index contributed by atoms with van der Waals surface area (Å²) in [7, 11) is 0. The first-order valence-corrected chi connectivity index (χ1v) is 16.2. The number of esters is 1. The first-order chi connectivity index (χ1) is 18.0. The van der Waals surface area contributed by atoms with Gasteiger partial charge in [-0.2, -0.15) is 5.26 Å². The fourth-order valence-corrected chi connectivity index (χ4v) is 10.0. The maximum Gasteiger partial charge on any atom is 0.348 e. The number of carbonyl (C=O) groups excluding carboxylic acids is 1. The maximum absolute atomic E-state index is 12.5. The zero-order chi connectivity index (χ0) is 26.2. The van der Waals surface area contributed by atoms with E-state index in [1.54, 1.807) is 6.92 Å². The lowest BCUT2D eigenvalue weighted by Crippen LogP contribution is -2.12. The number of allylic oxidation sites excluding steroid dienone is 2. The number of hydrogen-bond acceptors (Lipinski definition) is 7. The predicted octanol–water partition coefficient (Wildman–Crippen LogP) is 8.28. The highest BCUT2D eigenvalue weighted by Crippen LogP contribution is 2.58. The SMILES string of the molecule is CCOC(=O)C(C#N)=C1Cc2ccc(cc2)CC(=C2SC(SCC)=C(SCC)S2)Cc2ccc(cc2)C1. The molecule has 7 rings (SSSR count). The van der Waals surface area contributed by atoms with Crippen molar-refractivity contribution < 1.29 is 9.53 Å². The Morgan fingerprint density at radius 2 is 1.24 bits per heavy atom. The van der Waals surface area contributed by atoms with Gasteiger partial charge in [-0.3, -0.25) is 0 Å². The molecule has 1 aliphatic heterocycles. The molecular formula is C30H31NO2S4. The van der Waals surface area contributed by atoms with Gasteiger partial charge in [-0.1, -0.05) is 85.9 Å². The predicted molar refractivity (Wildman–Crippen MR) is 162 cm³/mol. The number of nitrogens with zero attached hydrogens (tertiary/aromatic N) is 1. The van der Waals surface area contributed by atoms with Crippen LogP contribution in [0.4, 0.5) is 0 Å². The summed E-state index contributed by atoms with van der Waals surface area (Å²) in [6.45, 7) is 6.46. The van der Waals surface area contributed by atoms with Gasteiger partial charge < -0.3 is 4.74 Å². The molecule has 37 heavy (non-hydrogen) atoms. The monoisotopic (exact) mass is 565 g/mol. The second kappa shape index (κ2) is 13.7. The van der Waals surface area contributed by atoms with Crippen LogP contribution in [0.2, 0.25) is 0 Å². The van der Waals surface area contributed by atoms with Crippen LogP contribution in [-0.2, 0) is 35.2 Å². The molecule has 0 unspecified atom stereocenters. The van der Waals surface area contributed by atoms with Crippen LogP contribution in [0.25, 0.3) is 0 Å². The van der Waals surface area contributed by atoms with Crippen LogP contribution in [0.15, 0.2) is 78.0 Å². The Kier molecular flexibility index (Phi) is 10.4. The summed E-state index contributed by atoms with van der Waals surface area (Å²) in [5.41, 5.74) is 7.12. The third kappa shape index (κ3) is 7.32. The highest BCUT2D eigenvalue weighted by Gasteiger charge is 2.25. The highest BCUT2D eigenvalue weighted by atomic mass is 32.3. The van der Waals surface area contributed by atoms with Crippen molar-refractivity contribution >= 4 is 53.0 Å². The van der Waals surface area contributed by atoms with Crippen molar-refractivity contribution in [3.8, 4) is 6.07 Å². The van der Waals surface area contributed by atoms with Gasteiger partial charge in [0.2, 0.25) is 0 Å². The average Bonchev–Trinajstić information content (AvgIpc) is 3.29.